The lowest BCUT2D eigenvalue weighted by atomic mass is 9.94. The van der Waals surface area contributed by atoms with E-state index in [-0.39, 0.29) is 12.3 Å². The zero-order chi connectivity index (χ0) is 28.2. The van der Waals surface area contributed by atoms with Crippen LogP contribution in [0.2, 0.25) is 0 Å². The van der Waals surface area contributed by atoms with E-state index in [9.17, 15) is 13.2 Å². The topological polar surface area (TPSA) is 68.6 Å². The molecular formula is C32H34N2O4S. The van der Waals surface area contributed by atoms with Crippen molar-refractivity contribution in [2.24, 2.45) is 0 Å². The van der Waals surface area contributed by atoms with Crippen molar-refractivity contribution in [3.63, 3.8) is 0 Å². The van der Waals surface area contributed by atoms with E-state index in [0.29, 0.717) is 16.6 Å². The minimum absolute atomic E-state index is 0.0667. The van der Waals surface area contributed by atoms with E-state index in [1.807, 2.05) is 87.5 Å². The van der Waals surface area contributed by atoms with E-state index in [2.05, 4.69) is 13.2 Å². The van der Waals surface area contributed by atoms with Crippen LogP contribution in [0.4, 0.5) is 4.79 Å². The monoisotopic (exact) mass is 542 g/mol. The number of hydrogen-bond acceptors (Lipinski definition) is 4. The van der Waals surface area contributed by atoms with Gasteiger partial charge in [0.1, 0.15) is 5.60 Å². The molecule has 0 amide bonds. The van der Waals surface area contributed by atoms with Gasteiger partial charge in [0.2, 0.25) is 10.0 Å². The first-order valence-corrected chi connectivity index (χ1v) is 14.4. The highest BCUT2D eigenvalue weighted by molar-refractivity contribution is 7.88. The average Bonchev–Trinajstić information content (AvgIpc) is 3.28. The van der Waals surface area contributed by atoms with Crippen molar-refractivity contribution >= 4 is 33.1 Å². The van der Waals surface area contributed by atoms with Crippen LogP contribution in [-0.4, -0.2) is 35.5 Å². The molecule has 1 heterocycles. The van der Waals surface area contributed by atoms with Gasteiger partial charge in [0.05, 0.1) is 17.3 Å². The van der Waals surface area contributed by atoms with Gasteiger partial charge in [-0.05, 0) is 43.5 Å². The molecule has 6 nitrogen and oxygen atoms in total. The Morgan fingerprint density at radius 3 is 2.26 bits per heavy atom. The van der Waals surface area contributed by atoms with Gasteiger partial charge in [-0.25, -0.2) is 13.2 Å². The summed E-state index contributed by atoms with van der Waals surface area (Å²) in [6, 6.07) is 23.3. The van der Waals surface area contributed by atoms with E-state index in [1.165, 1.54) is 8.87 Å². The van der Waals surface area contributed by atoms with Crippen molar-refractivity contribution < 1.29 is 17.9 Å². The molecule has 0 spiro atoms. The van der Waals surface area contributed by atoms with E-state index in [4.69, 9.17) is 4.74 Å². The average molecular weight is 543 g/mol. The first kappa shape index (κ1) is 28.1. The second kappa shape index (κ2) is 11.4. The van der Waals surface area contributed by atoms with Gasteiger partial charge in [-0.1, -0.05) is 91.5 Å². The number of ether oxygens (including phenoxy) is 1. The lowest BCUT2D eigenvalue weighted by Gasteiger charge is -2.31. The van der Waals surface area contributed by atoms with Gasteiger partial charge in [0.15, 0.2) is 0 Å². The number of aromatic nitrogens is 1. The molecule has 3 aromatic carbocycles. The van der Waals surface area contributed by atoms with Crippen molar-refractivity contribution in [3.8, 4) is 0 Å². The molecule has 0 unspecified atom stereocenters. The van der Waals surface area contributed by atoms with Gasteiger partial charge in [0, 0.05) is 23.7 Å². The van der Waals surface area contributed by atoms with Crippen molar-refractivity contribution in [1.29, 1.82) is 0 Å². The standard InChI is InChI=1S/C32H34N2O4S/c1-6-21-34(39(36,37)23-24-15-9-8-10-16-24)30(26-18-12-11-17-25(26)7-2)28-22-33(31(35)38-32(3,4)5)29-20-14-13-19-27(28)29/h6-20,22,30H,1-2,21,23H2,3-5H3/t30-/m1/s1. The molecule has 0 radical (unpaired) electrons. The van der Waals surface area contributed by atoms with Gasteiger partial charge in [0.25, 0.3) is 0 Å². The SMILES string of the molecule is C=CCN([C@H](c1ccccc1C=C)c1cn(C(=O)OC(C)(C)C)c2ccccc12)S(=O)(=O)Cc1ccccc1. The fourth-order valence-corrected chi connectivity index (χ4v) is 6.34. The Kier molecular flexibility index (Phi) is 8.23. The zero-order valence-electron chi connectivity index (χ0n) is 22.6. The molecule has 1 atom stereocenters. The highest BCUT2D eigenvalue weighted by atomic mass is 32.2. The first-order valence-electron chi connectivity index (χ1n) is 12.7. The van der Waals surface area contributed by atoms with Gasteiger partial charge in [-0.3, -0.25) is 4.57 Å². The quantitative estimate of drug-likeness (QED) is 0.210. The van der Waals surface area contributed by atoms with E-state index in [1.54, 1.807) is 30.5 Å². The number of carbonyl (C=O) groups excluding carboxylic acids is 1. The maximum absolute atomic E-state index is 14.1. The van der Waals surface area contributed by atoms with Crippen molar-refractivity contribution in [2.45, 2.75) is 38.2 Å². The molecule has 1 aromatic heterocycles. The van der Waals surface area contributed by atoms with Crippen LogP contribution in [0.15, 0.2) is 104 Å². The Morgan fingerprint density at radius 2 is 1.59 bits per heavy atom. The third-order valence-electron chi connectivity index (χ3n) is 6.28. The Balaban J connectivity index is 1.98. The van der Waals surface area contributed by atoms with Gasteiger partial charge >= 0.3 is 6.09 Å². The van der Waals surface area contributed by atoms with E-state index < -0.39 is 27.8 Å². The maximum Gasteiger partial charge on any atom is 0.419 e. The summed E-state index contributed by atoms with van der Waals surface area (Å²) in [6.45, 7) is 13.3. The van der Waals surface area contributed by atoms with Crippen molar-refractivity contribution in [1.82, 2.24) is 8.87 Å². The Bertz CT molecular complexity index is 1600. The fourth-order valence-electron chi connectivity index (χ4n) is 4.68. The smallest absolute Gasteiger partial charge is 0.419 e. The summed E-state index contributed by atoms with van der Waals surface area (Å²) in [6.07, 6.45) is 4.45. The van der Waals surface area contributed by atoms with Crippen LogP contribution in [0.5, 0.6) is 0 Å². The lowest BCUT2D eigenvalue weighted by Crippen LogP contribution is -2.37. The number of carbonyl (C=O) groups is 1. The number of benzene rings is 3. The molecule has 0 fully saturated rings. The number of para-hydroxylation sites is 1. The Hall–Kier alpha value is -3.94. The summed E-state index contributed by atoms with van der Waals surface area (Å²) in [4.78, 5) is 13.3. The third kappa shape index (κ3) is 6.21. The second-order valence-electron chi connectivity index (χ2n) is 10.3. The molecule has 4 rings (SSSR count). The van der Waals surface area contributed by atoms with Crippen LogP contribution in [-0.2, 0) is 20.5 Å². The fraction of sp³-hybridized carbons (Fsp3) is 0.219. The molecule has 39 heavy (non-hydrogen) atoms. The molecule has 0 aliphatic carbocycles. The predicted molar refractivity (Wildman–Crippen MR) is 158 cm³/mol. The third-order valence-corrected chi connectivity index (χ3v) is 8.06. The normalized spacial score (nSPS) is 12.8. The maximum atomic E-state index is 14.1. The Labute approximate surface area is 230 Å². The minimum atomic E-state index is -3.86. The summed E-state index contributed by atoms with van der Waals surface area (Å²) in [7, 11) is -3.86. The zero-order valence-corrected chi connectivity index (χ0v) is 23.4. The van der Waals surface area contributed by atoms with Crippen LogP contribution >= 0.6 is 0 Å². The molecule has 7 heteroatoms. The molecule has 0 saturated carbocycles. The van der Waals surface area contributed by atoms with Crippen LogP contribution in [0, 0.1) is 0 Å². The van der Waals surface area contributed by atoms with Crippen LogP contribution in [0.1, 0.15) is 49.1 Å². The number of sulfonamides is 1. The lowest BCUT2D eigenvalue weighted by molar-refractivity contribution is 0.0544. The van der Waals surface area contributed by atoms with Crippen LogP contribution in [0.25, 0.3) is 17.0 Å². The van der Waals surface area contributed by atoms with E-state index in [0.717, 1.165) is 16.5 Å². The number of nitrogens with zero attached hydrogens (tertiary/aromatic N) is 2. The van der Waals surface area contributed by atoms with Crippen molar-refractivity contribution in [3.05, 3.63) is 127 Å². The minimum Gasteiger partial charge on any atom is -0.443 e. The number of rotatable bonds is 9. The summed E-state index contributed by atoms with van der Waals surface area (Å²) >= 11 is 0. The molecule has 0 aliphatic heterocycles. The van der Waals surface area contributed by atoms with Crippen LogP contribution < -0.4 is 0 Å². The Morgan fingerprint density at radius 1 is 0.949 bits per heavy atom. The summed E-state index contributed by atoms with van der Waals surface area (Å²) in [5.41, 5.74) is 2.80. The predicted octanol–water partition coefficient (Wildman–Crippen LogP) is 7.17. The first-order chi connectivity index (χ1) is 18.6. The molecule has 202 valence electrons. The highest BCUT2D eigenvalue weighted by Crippen LogP contribution is 2.39. The van der Waals surface area contributed by atoms with Gasteiger partial charge in [-0.2, -0.15) is 4.31 Å². The summed E-state index contributed by atoms with van der Waals surface area (Å²) in [5, 5.41) is 0.746. The molecular weight excluding hydrogens is 508 g/mol. The molecule has 0 N–H and O–H groups in total. The number of fused-ring (bicyclic) bond motifs is 1. The summed E-state index contributed by atoms with van der Waals surface area (Å²) in [5.74, 6) is -0.181. The molecule has 0 aliphatic rings. The van der Waals surface area contributed by atoms with Crippen molar-refractivity contribution in [2.75, 3.05) is 6.54 Å². The van der Waals surface area contributed by atoms with Gasteiger partial charge in [-0.15, -0.1) is 6.58 Å². The molecule has 0 saturated heterocycles. The molecule has 4 aromatic rings. The summed E-state index contributed by atoms with van der Waals surface area (Å²) < 4.78 is 36.8. The van der Waals surface area contributed by atoms with Gasteiger partial charge < -0.3 is 4.74 Å². The second-order valence-corrected chi connectivity index (χ2v) is 12.2. The van der Waals surface area contributed by atoms with E-state index >= 15 is 0 Å². The highest BCUT2D eigenvalue weighted by Gasteiger charge is 2.35. The van der Waals surface area contributed by atoms with Crippen LogP contribution in [0.3, 0.4) is 0 Å². The number of hydrogen-bond donors (Lipinski definition) is 0. The largest absolute Gasteiger partial charge is 0.443 e. The molecule has 0 bridgehead atoms.